The second-order valence-corrected chi connectivity index (χ2v) is 9.39. The minimum absolute atomic E-state index is 0.177. The molecule has 0 amide bonds. The first-order valence-electron chi connectivity index (χ1n) is 9.22. The van der Waals surface area contributed by atoms with Gasteiger partial charge in [0.15, 0.2) is 0 Å². The van der Waals surface area contributed by atoms with Crippen molar-refractivity contribution in [2.24, 2.45) is 4.99 Å². The van der Waals surface area contributed by atoms with Gasteiger partial charge in [0.2, 0.25) is 0 Å². The van der Waals surface area contributed by atoms with E-state index in [4.69, 9.17) is 21.6 Å². The third kappa shape index (κ3) is 3.24. The minimum Gasteiger partial charge on any atom is -0.507 e. The van der Waals surface area contributed by atoms with Crippen LogP contribution in [0.3, 0.4) is 0 Å². The molecule has 0 saturated heterocycles. The molecule has 0 bridgehead atoms. The maximum Gasteiger partial charge on any atom is 0.127 e. The first-order chi connectivity index (χ1) is 13.7. The number of phenolic OH excluding ortho intramolecular Hbond substituents is 1. The topological polar surface area (TPSA) is 45.5 Å². The third-order valence-electron chi connectivity index (χ3n) is 4.97. The van der Waals surface area contributed by atoms with E-state index in [1.54, 1.807) is 47.1 Å². The Morgan fingerprint density at radius 3 is 2.82 bits per heavy atom. The van der Waals surface area contributed by atoms with Crippen LogP contribution in [0, 0.1) is 0 Å². The Balaban J connectivity index is 1.64. The van der Waals surface area contributed by atoms with Crippen molar-refractivity contribution in [3.05, 3.63) is 63.5 Å². The Hall–Kier alpha value is -2.21. The van der Waals surface area contributed by atoms with E-state index in [0.717, 1.165) is 28.4 Å². The second kappa shape index (κ2) is 7.32. The van der Waals surface area contributed by atoms with Gasteiger partial charge in [-0.2, -0.15) is 0 Å². The van der Waals surface area contributed by atoms with Crippen LogP contribution < -0.4 is 0 Å². The van der Waals surface area contributed by atoms with E-state index in [1.807, 2.05) is 12.1 Å². The fourth-order valence-corrected chi connectivity index (χ4v) is 6.12. The van der Waals surface area contributed by atoms with Gasteiger partial charge in [-0.25, -0.2) is 9.98 Å². The third-order valence-corrected chi connectivity index (χ3v) is 7.46. The average molecular weight is 425 g/mol. The highest BCUT2D eigenvalue weighted by Crippen LogP contribution is 2.47. The summed E-state index contributed by atoms with van der Waals surface area (Å²) in [6.45, 7) is 0. The van der Waals surface area contributed by atoms with Crippen molar-refractivity contribution in [3.8, 4) is 16.3 Å². The summed E-state index contributed by atoms with van der Waals surface area (Å²) in [5.41, 5.74) is 4.21. The van der Waals surface area contributed by atoms with Crippen LogP contribution in [0.15, 0.2) is 47.5 Å². The predicted molar refractivity (Wildman–Crippen MR) is 120 cm³/mol. The standard InChI is InChI=1S/C22H17ClN2OS2/c23-14-9-10-17(26)13(11-14)12-24-21-20(15-5-1-3-7-18(15)27-21)22-25-16-6-2-4-8-19(16)28-22/h2,4,6,8-12,26H,1,3,5,7H2/b24-12+. The van der Waals surface area contributed by atoms with E-state index in [0.29, 0.717) is 10.6 Å². The first-order valence-corrected chi connectivity index (χ1v) is 11.2. The van der Waals surface area contributed by atoms with Crippen LogP contribution in [0.2, 0.25) is 5.02 Å². The average Bonchev–Trinajstić information content (AvgIpc) is 3.29. The van der Waals surface area contributed by atoms with Crippen molar-refractivity contribution >= 4 is 55.7 Å². The number of fused-ring (bicyclic) bond motifs is 2. The van der Waals surface area contributed by atoms with Crippen LogP contribution in [0.5, 0.6) is 5.75 Å². The molecule has 0 saturated carbocycles. The van der Waals surface area contributed by atoms with Gasteiger partial charge in [0.1, 0.15) is 15.8 Å². The zero-order chi connectivity index (χ0) is 19.1. The molecule has 2 aromatic carbocycles. The van der Waals surface area contributed by atoms with E-state index >= 15 is 0 Å². The van der Waals surface area contributed by atoms with Gasteiger partial charge in [0.05, 0.1) is 15.8 Å². The molecule has 1 aliphatic carbocycles. The van der Waals surface area contributed by atoms with Crippen molar-refractivity contribution in [2.75, 3.05) is 0 Å². The molecule has 140 valence electrons. The molecule has 2 aromatic heterocycles. The zero-order valence-electron chi connectivity index (χ0n) is 15.0. The largest absolute Gasteiger partial charge is 0.507 e. The summed E-state index contributed by atoms with van der Waals surface area (Å²) in [5.74, 6) is 0.177. The molecule has 2 heterocycles. The summed E-state index contributed by atoms with van der Waals surface area (Å²) in [7, 11) is 0. The number of aliphatic imine (C=N–C) groups is 1. The van der Waals surface area contributed by atoms with Crippen LogP contribution in [-0.4, -0.2) is 16.3 Å². The van der Waals surface area contributed by atoms with E-state index in [2.05, 4.69) is 12.1 Å². The maximum atomic E-state index is 10.1. The molecule has 0 radical (unpaired) electrons. The number of phenols is 1. The molecule has 4 aromatic rings. The lowest BCUT2D eigenvalue weighted by atomic mass is 9.96. The van der Waals surface area contributed by atoms with Crippen molar-refractivity contribution in [3.63, 3.8) is 0 Å². The molecular formula is C22H17ClN2OS2. The molecule has 0 fully saturated rings. The molecule has 6 heteroatoms. The maximum absolute atomic E-state index is 10.1. The Kier molecular flexibility index (Phi) is 4.67. The molecule has 1 N–H and O–H groups in total. The number of hydrogen-bond donors (Lipinski definition) is 1. The number of aromatic hydroxyl groups is 1. The highest BCUT2D eigenvalue weighted by molar-refractivity contribution is 7.22. The number of para-hydroxylation sites is 1. The van der Waals surface area contributed by atoms with Gasteiger partial charge in [-0.15, -0.1) is 22.7 Å². The van der Waals surface area contributed by atoms with Gasteiger partial charge in [-0.05, 0) is 61.6 Å². The van der Waals surface area contributed by atoms with Crippen molar-refractivity contribution < 1.29 is 5.11 Å². The van der Waals surface area contributed by atoms with Crippen molar-refractivity contribution in [1.29, 1.82) is 0 Å². The number of thiazole rings is 1. The van der Waals surface area contributed by atoms with Gasteiger partial charge in [0.25, 0.3) is 0 Å². The monoisotopic (exact) mass is 424 g/mol. The lowest BCUT2D eigenvalue weighted by molar-refractivity contribution is 0.474. The molecule has 3 nitrogen and oxygen atoms in total. The highest BCUT2D eigenvalue weighted by Gasteiger charge is 2.23. The number of aryl methyl sites for hydroxylation is 1. The minimum atomic E-state index is 0.177. The number of hydrogen-bond acceptors (Lipinski definition) is 5. The summed E-state index contributed by atoms with van der Waals surface area (Å²) < 4.78 is 1.19. The summed E-state index contributed by atoms with van der Waals surface area (Å²) in [5, 5.41) is 12.7. The first kappa shape index (κ1) is 17.9. The van der Waals surface area contributed by atoms with Gasteiger partial charge in [0, 0.05) is 21.7 Å². The van der Waals surface area contributed by atoms with Gasteiger partial charge in [-0.3, -0.25) is 0 Å². The molecule has 0 unspecified atom stereocenters. The SMILES string of the molecule is Oc1ccc(Cl)cc1/C=N/c1sc2c(c1-c1nc3ccccc3s1)CCCC2. The number of thiophene rings is 1. The van der Waals surface area contributed by atoms with Gasteiger partial charge < -0.3 is 5.11 Å². The van der Waals surface area contributed by atoms with Crippen LogP contribution in [0.4, 0.5) is 5.00 Å². The zero-order valence-corrected chi connectivity index (χ0v) is 17.4. The summed E-state index contributed by atoms with van der Waals surface area (Å²) in [6.07, 6.45) is 6.32. The van der Waals surface area contributed by atoms with Crippen LogP contribution >= 0.6 is 34.3 Å². The molecule has 1 aliphatic rings. The number of halogens is 1. The second-order valence-electron chi connectivity index (χ2n) is 6.84. The lowest BCUT2D eigenvalue weighted by Gasteiger charge is -2.11. The van der Waals surface area contributed by atoms with Crippen LogP contribution in [0.25, 0.3) is 20.8 Å². The van der Waals surface area contributed by atoms with Crippen molar-refractivity contribution in [1.82, 2.24) is 4.98 Å². The summed E-state index contributed by atoms with van der Waals surface area (Å²) >= 11 is 9.55. The molecule has 0 aliphatic heterocycles. The smallest absolute Gasteiger partial charge is 0.127 e. The summed E-state index contributed by atoms with van der Waals surface area (Å²) in [4.78, 5) is 11.1. The van der Waals surface area contributed by atoms with E-state index in [-0.39, 0.29) is 5.75 Å². The Bertz CT molecular complexity index is 1180. The predicted octanol–water partition coefficient (Wildman–Crippen LogP) is 7.01. The van der Waals surface area contributed by atoms with Crippen LogP contribution in [-0.2, 0) is 12.8 Å². The molecule has 5 rings (SSSR count). The molecular weight excluding hydrogens is 408 g/mol. The Labute approximate surface area is 176 Å². The Morgan fingerprint density at radius 2 is 1.93 bits per heavy atom. The highest BCUT2D eigenvalue weighted by atomic mass is 35.5. The van der Waals surface area contributed by atoms with Gasteiger partial charge >= 0.3 is 0 Å². The number of nitrogens with zero attached hydrogens (tertiary/aromatic N) is 2. The quantitative estimate of drug-likeness (QED) is 0.359. The van der Waals surface area contributed by atoms with Crippen LogP contribution in [0.1, 0.15) is 28.8 Å². The van der Waals surface area contributed by atoms with Gasteiger partial charge in [-0.1, -0.05) is 23.7 Å². The van der Waals surface area contributed by atoms with Crippen molar-refractivity contribution in [2.45, 2.75) is 25.7 Å². The fourth-order valence-electron chi connectivity index (χ4n) is 3.60. The number of rotatable bonds is 3. The molecule has 0 spiro atoms. The lowest BCUT2D eigenvalue weighted by Crippen LogP contribution is -1.99. The Morgan fingerprint density at radius 1 is 1.07 bits per heavy atom. The summed E-state index contributed by atoms with van der Waals surface area (Å²) in [6, 6.07) is 13.2. The normalized spacial score (nSPS) is 14.0. The van der Waals surface area contributed by atoms with E-state index < -0.39 is 0 Å². The number of aromatic nitrogens is 1. The van der Waals surface area contributed by atoms with E-state index in [1.165, 1.54) is 33.5 Å². The molecule has 28 heavy (non-hydrogen) atoms. The molecule has 0 atom stereocenters. The number of benzene rings is 2. The van der Waals surface area contributed by atoms with E-state index in [9.17, 15) is 5.11 Å². The fraction of sp³-hybridized carbons (Fsp3) is 0.182.